The van der Waals surface area contributed by atoms with Crippen LogP contribution in [0.2, 0.25) is 5.02 Å². The third-order valence-electron chi connectivity index (χ3n) is 3.51. The Morgan fingerprint density at radius 1 is 1.32 bits per heavy atom. The summed E-state index contributed by atoms with van der Waals surface area (Å²) in [5, 5.41) is 3.12. The van der Waals surface area contributed by atoms with Crippen molar-refractivity contribution in [1.82, 2.24) is 5.32 Å². The summed E-state index contributed by atoms with van der Waals surface area (Å²) >= 11 is 11.7. The minimum Gasteiger partial charge on any atom is -0.352 e. The fourth-order valence-corrected chi connectivity index (χ4v) is 2.73. The van der Waals surface area contributed by atoms with Gasteiger partial charge in [-0.1, -0.05) is 11.6 Å². The zero-order valence-electron chi connectivity index (χ0n) is 10.5. The van der Waals surface area contributed by atoms with E-state index in [1.54, 1.807) is 0 Å². The molecule has 1 aliphatic carbocycles. The van der Waals surface area contributed by atoms with Gasteiger partial charge in [0.05, 0.1) is 5.02 Å². The topological polar surface area (TPSA) is 29.1 Å². The van der Waals surface area contributed by atoms with Gasteiger partial charge in [-0.2, -0.15) is 0 Å². The van der Waals surface area contributed by atoms with Crippen LogP contribution in [0.25, 0.3) is 0 Å². The Morgan fingerprint density at radius 2 is 2.00 bits per heavy atom. The third kappa shape index (κ3) is 4.08. The second-order valence-electron chi connectivity index (χ2n) is 4.96. The van der Waals surface area contributed by atoms with Crippen LogP contribution in [0.4, 0.5) is 4.39 Å². The molecular weight excluding hydrogens is 288 g/mol. The lowest BCUT2D eigenvalue weighted by Crippen LogP contribution is -2.31. The molecule has 0 atom stereocenters. The first-order valence-electron chi connectivity index (χ1n) is 6.43. The summed E-state index contributed by atoms with van der Waals surface area (Å²) < 4.78 is 13.0. The van der Waals surface area contributed by atoms with Crippen molar-refractivity contribution in [1.29, 1.82) is 0 Å². The summed E-state index contributed by atoms with van der Waals surface area (Å²) in [5.41, 5.74) is 0.387. The summed E-state index contributed by atoms with van der Waals surface area (Å²) in [6.07, 6.45) is 4.09. The SMILES string of the molecule is O=C(NCC1CCC(Cl)CC1)c1ccc(F)c(Cl)c1. The molecule has 0 spiro atoms. The van der Waals surface area contributed by atoms with E-state index in [-0.39, 0.29) is 16.3 Å². The van der Waals surface area contributed by atoms with Gasteiger partial charge in [-0.05, 0) is 49.8 Å². The van der Waals surface area contributed by atoms with Crippen molar-refractivity contribution in [2.24, 2.45) is 5.92 Å². The Hall–Kier alpha value is -0.800. The number of hydrogen-bond acceptors (Lipinski definition) is 1. The van der Waals surface area contributed by atoms with Crippen LogP contribution in [-0.4, -0.2) is 17.8 Å². The lowest BCUT2D eigenvalue weighted by molar-refractivity contribution is 0.0943. The van der Waals surface area contributed by atoms with Gasteiger partial charge in [0.15, 0.2) is 0 Å². The van der Waals surface area contributed by atoms with E-state index in [9.17, 15) is 9.18 Å². The average molecular weight is 304 g/mol. The summed E-state index contributed by atoms with van der Waals surface area (Å²) in [5.74, 6) is -0.247. The van der Waals surface area contributed by atoms with Gasteiger partial charge >= 0.3 is 0 Å². The van der Waals surface area contributed by atoms with Crippen molar-refractivity contribution in [2.75, 3.05) is 6.54 Å². The van der Waals surface area contributed by atoms with E-state index in [2.05, 4.69) is 5.32 Å². The molecule has 5 heteroatoms. The molecule has 0 unspecified atom stereocenters. The predicted octanol–water partition coefficient (Wildman–Crippen LogP) is 4.01. The maximum atomic E-state index is 13.0. The summed E-state index contributed by atoms with van der Waals surface area (Å²) in [4.78, 5) is 11.9. The van der Waals surface area contributed by atoms with Gasteiger partial charge in [0, 0.05) is 17.5 Å². The van der Waals surface area contributed by atoms with Crippen molar-refractivity contribution in [2.45, 2.75) is 31.1 Å². The highest BCUT2D eigenvalue weighted by Gasteiger charge is 2.20. The summed E-state index contributed by atoms with van der Waals surface area (Å²) in [6, 6.07) is 3.99. The van der Waals surface area contributed by atoms with Crippen molar-refractivity contribution in [3.8, 4) is 0 Å². The van der Waals surface area contributed by atoms with Gasteiger partial charge < -0.3 is 5.32 Å². The largest absolute Gasteiger partial charge is 0.352 e. The molecule has 1 fully saturated rings. The van der Waals surface area contributed by atoms with Crippen LogP contribution < -0.4 is 5.32 Å². The summed E-state index contributed by atoms with van der Waals surface area (Å²) in [7, 11) is 0. The minimum absolute atomic E-state index is 0.0321. The second-order valence-corrected chi connectivity index (χ2v) is 5.98. The van der Waals surface area contributed by atoms with Gasteiger partial charge in [-0.3, -0.25) is 4.79 Å². The monoisotopic (exact) mass is 303 g/mol. The molecule has 19 heavy (non-hydrogen) atoms. The number of benzene rings is 1. The molecule has 0 aliphatic heterocycles. The van der Waals surface area contributed by atoms with Crippen LogP contribution in [0, 0.1) is 11.7 Å². The smallest absolute Gasteiger partial charge is 0.251 e. The molecule has 1 N–H and O–H groups in total. The number of halogens is 3. The fourth-order valence-electron chi connectivity index (χ4n) is 2.30. The average Bonchev–Trinajstić information content (AvgIpc) is 2.41. The first-order chi connectivity index (χ1) is 9.06. The van der Waals surface area contributed by atoms with Crippen LogP contribution in [0.15, 0.2) is 18.2 Å². The first-order valence-corrected chi connectivity index (χ1v) is 7.25. The lowest BCUT2D eigenvalue weighted by atomic mass is 9.89. The molecule has 1 amide bonds. The Labute approximate surface area is 122 Å². The van der Waals surface area contributed by atoms with Gasteiger partial charge in [0.2, 0.25) is 0 Å². The van der Waals surface area contributed by atoms with E-state index in [4.69, 9.17) is 23.2 Å². The molecule has 1 aromatic rings. The maximum absolute atomic E-state index is 13.0. The molecular formula is C14H16Cl2FNO. The Kier molecular flexibility index (Phi) is 5.06. The Balaban J connectivity index is 1.85. The molecule has 0 bridgehead atoms. The maximum Gasteiger partial charge on any atom is 0.251 e. The molecule has 2 nitrogen and oxygen atoms in total. The van der Waals surface area contributed by atoms with Crippen molar-refractivity contribution in [3.05, 3.63) is 34.6 Å². The number of nitrogens with one attached hydrogen (secondary N) is 1. The van der Waals surface area contributed by atoms with E-state index in [1.165, 1.54) is 18.2 Å². The highest BCUT2D eigenvalue weighted by molar-refractivity contribution is 6.31. The Morgan fingerprint density at radius 3 is 2.63 bits per heavy atom. The van der Waals surface area contributed by atoms with Crippen molar-refractivity contribution < 1.29 is 9.18 Å². The van der Waals surface area contributed by atoms with Crippen LogP contribution in [0.3, 0.4) is 0 Å². The van der Waals surface area contributed by atoms with E-state index in [1.807, 2.05) is 0 Å². The van der Waals surface area contributed by atoms with Crippen LogP contribution in [0.5, 0.6) is 0 Å². The van der Waals surface area contributed by atoms with E-state index in [0.29, 0.717) is 18.0 Å². The standard InChI is InChI=1S/C14H16Cl2FNO/c15-11-4-1-9(2-5-11)8-18-14(19)10-3-6-13(17)12(16)7-10/h3,6-7,9,11H,1-2,4-5,8H2,(H,18,19). The number of alkyl halides is 1. The highest BCUT2D eigenvalue weighted by atomic mass is 35.5. The quantitative estimate of drug-likeness (QED) is 0.840. The zero-order chi connectivity index (χ0) is 13.8. The molecule has 2 rings (SSSR count). The normalized spacial score (nSPS) is 23.1. The van der Waals surface area contributed by atoms with E-state index >= 15 is 0 Å². The molecule has 0 radical (unpaired) electrons. The predicted molar refractivity (Wildman–Crippen MR) is 75.3 cm³/mol. The fraction of sp³-hybridized carbons (Fsp3) is 0.500. The molecule has 1 aromatic carbocycles. The Bertz CT molecular complexity index is 459. The van der Waals surface area contributed by atoms with Gasteiger partial charge in [0.25, 0.3) is 5.91 Å². The molecule has 0 aromatic heterocycles. The molecule has 0 saturated heterocycles. The number of carbonyl (C=O) groups is 1. The molecule has 1 saturated carbocycles. The molecule has 104 valence electrons. The highest BCUT2D eigenvalue weighted by Crippen LogP contribution is 2.27. The number of hydrogen-bond donors (Lipinski definition) is 1. The van der Waals surface area contributed by atoms with Crippen LogP contribution >= 0.6 is 23.2 Å². The van der Waals surface area contributed by atoms with Gasteiger partial charge in [-0.15, -0.1) is 11.6 Å². The van der Waals surface area contributed by atoms with Gasteiger partial charge in [-0.25, -0.2) is 4.39 Å². The first kappa shape index (κ1) is 14.6. The van der Waals surface area contributed by atoms with Gasteiger partial charge in [0.1, 0.15) is 5.82 Å². The van der Waals surface area contributed by atoms with Crippen molar-refractivity contribution in [3.63, 3.8) is 0 Å². The second kappa shape index (κ2) is 6.58. The summed E-state index contributed by atoms with van der Waals surface area (Å²) in [6.45, 7) is 0.636. The number of carbonyl (C=O) groups excluding carboxylic acids is 1. The molecule has 0 heterocycles. The van der Waals surface area contributed by atoms with Crippen molar-refractivity contribution >= 4 is 29.1 Å². The zero-order valence-corrected chi connectivity index (χ0v) is 12.0. The van der Waals surface area contributed by atoms with Crippen LogP contribution in [0.1, 0.15) is 36.0 Å². The third-order valence-corrected chi connectivity index (χ3v) is 4.24. The lowest BCUT2D eigenvalue weighted by Gasteiger charge is -2.25. The van der Waals surface area contributed by atoms with Crippen LogP contribution in [-0.2, 0) is 0 Å². The molecule has 1 aliphatic rings. The number of amides is 1. The van der Waals surface area contributed by atoms with E-state index in [0.717, 1.165) is 25.7 Å². The number of rotatable bonds is 3. The minimum atomic E-state index is -0.515. The van der Waals surface area contributed by atoms with E-state index < -0.39 is 5.82 Å².